The van der Waals surface area contributed by atoms with Crippen LogP contribution in [0, 0.1) is 11.3 Å². The zero-order valence-corrected chi connectivity index (χ0v) is 12.6. The van der Waals surface area contributed by atoms with Gasteiger partial charge in [0.2, 0.25) is 5.91 Å². The minimum Gasteiger partial charge on any atom is -0.481 e. The van der Waals surface area contributed by atoms with Crippen molar-refractivity contribution in [1.29, 1.82) is 0 Å². The van der Waals surface area contributed by atoms with Gasteiger partial charge in [-0.05, 0) is 30.6 Å². The van der Waals surface area contributed by atoms with Gasteiger partial charge in [0.15, 0.2) is 0 Å². The van der Waals surface area contributed by atoms with Gasteiger partial charge in [-0.3, -0.25) is 9.59 Å². The van der Waals surface area contributed by atoms with Gasteiger partial charge >= 0.3 is 5.97 Å². The summed E-state index contributed by atoms with van der Waals surface area (Å²) in [6.07, 6.45) is 3.65. The van der Waals surface area contributed by atoms with E-state index in [1.54, 1.807) is 4.90 Å². The second-order valence-corrected chi connectivity index (χ2v) is 7.04. The molecule has 0 spiro atoms. The van der Waals surface area contributed by atoms with E-state index in [-0.39, 0.29) is 17.7 Å². The van der Waals surface area contributed by atoms with Crippen molar-refractivity contribution in [1.82, 2.24) is 4.90 Å². The van der Waals surface area contributed by atoms with E-state index in [0.29, 0.717) is 24.9 Å². The molecule has 1 atom stereocenters. The molecule has 0 radical (unpaired) electrons. The maximum absolute atomic E-state index is 12.3. The van der Waals surface area contributed by atoms with Crippen molar-refractivity contribution in [3.05, 3.63) is 0 Å². The van der Waals surface area contributed by atoms with Crippen LogP contribution in [0.1, 0.15) is 59.8 Å². The number of carboxylic acid groups (broad SMARTS) is 1. The average molecular weight is 269 g/mol. The molecule has 1 amide bonds. The Hall–Kier alpha value is -1.06. The van der Waals surface area contributed by atoms with Gasteiger partial charge in [0.05, 0.1) is 6.42 Å². The smallest absolute Gasteiger partial charge is 0.305 e. The average Bonchev–Trinajstić information content (AvgIpc) is 2.97. The van der Waals surface area contributed by atoms with Gasteiger partial charge < -0.3 is 10.0 Å². The molecule has 0 bridgehead atoms. The maximum atomic E-state index is 12.3. The number of carboxylic acids is 1. The Balaban J connectivity index is 2.45. The van der Waals surface area contributed by atoms with Gasteiger partial charge in [-0.25, -0.2) is 0 Å². The number of carbonyl (C=O) groups is 2. The van der Waals surface area contributed by atoms with Gasteiger partial charge in [-0.2, -0.15) is 0 Å². The SMILES string of the molecule is CC(CC(=O)N(CCC(=O)O)C1CC1)CC(C)(C)C. The van der Waals surface area contributed by atoms with Crippen LogP contribution >= 0.6 is 0 Å². The maximum Gasteiger partial charge on any atom is 0.305 e. The lowest BCUT2D eigenvalue weighted by atomic mass is 9.84. The Morgan fingerprint density at radius 2 is 1.89 bits per heavy atom. The van der Waals surface area contributed by atoms with Crippen molar-refractivity contribution in [3.8, 4) is 0 Å². The first-order chi connectivity index (χ1) is 8.69. The third-order valence-corrected chi connectivity index (χ3v) is 3.36. The summed E-state index contributed by atoms with van der Waals surface area (Å²) in [5.41, 5.74) is 0.227. The van der Waals surface area contributed by atoms with Crippen molar-refractivity contribution >= 4 is 11.9 Å². The van der Waals surface area contributed by atoms with Gasteiger partial charge in [0.1, 0.15) is 0 Å². The standard InChI is InChI=1S/C15H27NO3/c1-11(10-15(2,3)4)9-13(17)16(12-5-6-12)8-7-14(18)19/h11-12H,5-10H2,1-4H3,(H,18,19). The Morgan fingerprint density at radius 3 is 2.32 bits per heavy atom. The lowest BCUT2D eigenvalue weighted by Gasteiger charge is -2.26. The predicted octanol–water partition coefficient (Wildman–Crippen LogP) is 2.91. The molecular formula is C15H27NO3. The Labute approximate surface area is 116 Å². The van der Waals surface area contributed by atoms with Crippen molar-refractivity contribution in [2.45, 2.75) is 65.8 Å². The van der Waals surface area contributed by atoms with Crippen molar-refractivity contribution in [2.75, 3.05) is 6.54 Å². The number of nitrogens with zero attached hydrogens (tertiary/aromatic N) is 1. The highest BCUT2D eigenvalue weighted by atomic mass is 16.4. The van der Waals surface area contributed by atoms with Gasteiger partial charge in [-0.15, -0.1) is 0 Å². The molecule has 0 aromatic carbocycles. The zero-order valence-electron chi connectivity index (χ0n) is 12.6. The third-order valence-electron chi connectivity index (χ3n) is 3.36. The van der Waals surface area contributed by atoms with Crippen molar-refractivity contribution in [2.24, 2.45) is 11.3 Å². The Bertz CT molecular complexity index is 329. The molecule has 1 fully saturated rings. The fraction of sp³-hybridized carbons (Fsp3) is 0.867. The van der Waals surface area contributed by atoms with E-state index in [4.69, 9.17) is 5.11 Å². The molecule has 1 unspecified atom stereocenters. The minimum atomic E-state index is -0.832. The van der Waals surface area contributed by atoms with Crippen LogP contribution in [0.3, 0.4) is 0 Å². The molecule has 0 saturated heterocycles. The number of carbonyl (C=O) groups excluding carboxylic acids is 1. The first kappa shape index (κ1) is 16.0. The number of hydrogen-bond acceptors (Lipinski definition) is 2. The van der Waals surface area contributed by atoms with Crippen LogP contribution in [0.25, 0.3) is 0 Å². The van der Waals surface area contributed by atoms with Crippen LogP contribution < -0.4 is 0 Å². The summed E-state index contributed by atoms with van der Waals surface area (Å²) in [6.45, 7) is 9.00. The molecule has 1 rings (SSSR count). The monoisotopic (exact) mass is 269 g/mol. The molecule has 19 heavy (non-hydrogen) atoms. The quantitative estimate of drug-likeness (QED) is 0.773. The fourth-order valence-corrected chi connectivity index (χ4v) is 2.65. The molecular weight excluding hydrogens is 242 g/mol. The topological polar surface area (TPSA) is 57.6 Å². The van der Waals surface area contributed by atoms with Crippen LogP contribution in [0.5, 0.6) is 0 Å². The van der Waals surface area contributed by atoms with Gasteiger partial charge in [0, 0.05) is 19.0 Å². The first-order valence-corrected chi connectivity index (χ1v) is 7.20. The Morgan fingerprint density at radius 1 is 1.32 bits per heavy atom. The molecule has 1 saturated carbocycles. The zero-order chi connectivity index (χ0) is 14.6. The molecule has 1 aliphatic carbocycles. The van der Waals surface area contributed by atoms with Crippen LogP contribution in [0.2, 0.25) is 0 Å². The highest BCUT2D eigenvalue weighted by Gasteiger charge is 2.33. The summed E-state index contributed by atoms with van der Waals surface area (Å²) in [5, 5.41) is 8.74. The Kier molecular flexibility index (Phi) is 5.39. The van der Waals surface area contributed by atoms with E-state index in [2.05, 4.69) is 27.7 Å². The molecule has 0 heterocycles. The summed E-state index contributed by atoms with van der Waals surface area (Å²) in [5.74, 6) is -0.361. The van der Waals surface area contributed by atoms with Crippen LogP contribution in [-0.2, 0) is 9.59 Å². The fourth-order valence-electron chi connectivity index (χ4n) is 2.65. The summed E-state index contributed by atoms with van der Waals surface area (Å²) >= 11 is 0. The van der Waals surface area contributed by atoms with E-state index in [9.17, 15) is 9.59 Å². The van der Waals surface area contributed by atoms with E-state index >= 15 is 0 Å². The summed E-state index contributed by atoms with van der Waals surface area (Å²) < 4.78 is 0. The van der Waals surface area contributed by atoms with E-state index in [1.165, 1.54) is 0 Å². The molecule has 0 aromatic heterocycles. The van der Waals surface area contributed by atoms with E-state index < -0.39 is 5.97 Å². The van der Waals surface area contributed by atoms with Crippen molar-refractivity contribution in [3.63, 3.8) is 0 Å². The number of hydrogen-bond donors (Lipinski definition) is 1. The molecule has 4 heteroatoms. The van der Waals surface area contributed by atoms with Crippen LogP contribution in [-0.4, -0.2) is 34.5 Å². The summed E-state index contributed by atoms with van der Waals surface area (Å²) in [7, 11) is 0. The lowest BCUT2D eigenvalue weighted by Crippen LogP contribution is -2.36. The minimum absolute atomic E-state index is 0.0515. The predicted molar refractivity (Wildman–Crippen MR) is 74.8 cm³/mol. The highest BCUT2D eigenvalue weighted by Crippen LogP contribution is 2.30. The van der Waals surface area contributed by atoms with Gasteiger partial charge in [0.25, 0.3) is 0 Å². The van der Waals surface area contributed by atoms with Crippen LogP contribution in [0.15, 0.2) is 0 Å². The van der Waals surface area contributed by atoms with Crippen molar-refractivity contribution < 1.29 is 14.7 Å². The molecule has 1 aliphatic rings. The second kappa shape index (κ2) is 6.40. The number of rotatable bonds is 7. The van der Waals surface area contributed by atoms with Crippen LogP contribution in [0.4, 0.5) is 0 Å². The molecule has 0 aliphatic heterocycles. The second-order valence-electron chi connectivity index (χ2n) is 7.04. The van der Waals surface area contributed by atoms with E-state index in [1.807, 2.05) is 0 Å². The summed E-state index contributed by atoms with van der Waals surface area (Å²) in [6, 6.07) is 0.300. The third kappa shape index (κ3) is 6.60. The molecule has 110 valence electrons. The first-order valence-electron chi connectivity index (χ1n) is 7.20. The number of amides is 1. The largest absolute Gasteiger partial charge is 0.481 e. The molecule has 0 aromatic rings. The van der Waals surface area contributed by atoms with E-state index in [0.717, 1.165) is 19.3 Å². The highest BCUT2D eigenvalue weighted by molar-refractivity contribution is 5.78. The summed E-state index contributed by atoms with van der Waals surface area (Å²) in [4.78, 5) is 24.7. The lowest BCUT2D eigenvalue weighted by molar-refractivity contribution is -0.139. The number of aliphatic carboxylic acids is 1. The molecule has 4 nitrogen and oxygen atoms in total. The molecule has 1 N–H and O–H groups in total. The van der Waals surface area contributed by atoms with Gasteiger partial charge in [-0.1, -0.05) is 27.7 Å². The normalized spacial score (nSPS) is 17.1.